The van der Waals surface area contributed by atoms with Crippen LogP contribution < -0.4 is 61.6 Å². The average Bonchev–Trinajstić information content (AvgIpc) is 2.99. The van der Waals surface area contributed by atoms with E-state index in [0.29, 0.717) is 17.9 Å². The van der Waals surface area contributed by atoms with Gasteiger partial charge in [0.25, 0.3) is 0 Å². The predicted molar refractivity (Wildman–Crippen MR) is 84.7 cm³/mol. The van der Waals surface area contributed by atoms with Gasteiger partial charge in [0.1, 0.15) is 0 Å². The minimum atomic E-state index is -5.10. The summed E-state index contributed by atoms with van der Waals surface area (Å²) in [5.74, 6) is 0.588. The Balaban J connectivity index is 0.00000192. The van der Waals surface area contributed by atoms with Crippen LogP contribution in [-0.2, 0) is 0 Å². The maximum absolute atomic E-state index is 13.5. The fourth-order valence-electron chi connectivity index (χ4n) is 3.37. The minimum absolute atomic E-state index is 0. The first-order chi connectivity index (χ1) is 10.6. The first-order valence-electron chi connectivity index (χ1n) is 7.90. The Hall–Kier alpha value is -0.00870. The van der Waals surface area contributed by atoms with Crippen LogP contribution in [-0.4, -0.2) is 13.6 Å². The number of halogens is 3. The van der Waals surface area contributed by atoms with Gasteiger partial charge in [0, 0.05) is 0 Å². The molecule has 0 aliphatic heterocycles. The SMILES string of the molecule is F[B-](F)(F)c1c(OCCC2CCCC2)ccc2ccccc12.[K+]. The van der Waals surface area contributed by atoms with Crippen molar-refractivity contribution >= 4 is 23.2 Å². The number of fused-ring (bicyclic) bond motifs is 1. The van der Waals surface area contributed by atoms with Gasteiger partial charge in [-0.15, -0.1) is 0 Å². The number of hydrogen-bond donors (Lipinski definition) is 0. The third-order valence-corrected chi connectivity index (χ3v) is 4.52. The molecule has 1 saturated carbocycles. The molecule has 1 aliphatic rings. The van der Waals surface area contributed by atoms with Gasteiger partial charge in [-0.05, 0) is 29.2 Å². The van der Waals surface area contributed by atoms with E-state index in [9.17, 15) is 12.9 Å². The molecule has 0 saturated heterocycles. The standard InChI is InChI=1S/C17H19BF3O.K/c19-18(20,21)17-15-8-4-3-7-14(15)9-10-16(17)22-12-11-13-5-1-2-6-13;/h3-4,7-10,13H,1-2,5-6,11-12H2;/q-1;+1. The van der Waals surface area contributed by atoms with Crippen LogP contribution in [0.15, 0.2) is 36.4 Å². The first-order valence-corrected chi connectivity index (χ1v) is 7.90. The maximum Gasteiger partial charge on any atom is 1.00 e. The Kier molecular flexibility index (Phi) is 7.04. The Morgan fingerprint density at radius 3 is 2.39 bits per heavy atom. The third kappa shape index (κ3) is 4.76. The van der Waals surface area contributed by atoms with E-state index in [-0.39, 0.29) is 62.5 Å². The Labute approximate surface area is 177 Å². The summed E-state index contributed by atoms with van der Waals surface area (Å²) in [7, 11) is 0. The molecule has 1 aliphatic carbocycles. The molecule has 23 heavy (non-hydrogen) atoms. The smallest absolute Gasteiger partial charge is 0.497 e. The molecule has 2 aromatic rings. The molecule has 1 nitrogen and oxygen atoms in total. The van der Waals surface area contributed by atoms with Crippen molar-refractivity contribution in [3.8, 4) is 5.75 Å². The average molecular weight is 346 g/mol. The van der Waals surface area contributed by atoms with E-state index in [1.54, 1.807) is 24.3 Å². The van der Waals surface area contributed by atoms with Crippen molar-refractivity contribution in [2.45, 2.75) is 32.1 Å². The van der Waals surface area contributed by atoms with E-state index >= 15 is 0 Å². The minimum Gasteiger partial charge on any atom is -0.497 e. The van der Waals surface area contributed by atoms with Crippen LogP contribution in [0, 0.1) is 5.92 Å². The summed E-state index contributed by atoms with van der Waals surface area (Å²) in [6.45, 7) is -4.74. The van der Waals surface area contributed by atoms with Gasteiger partial charge in [0.05, 0.1) is 12.4 Å². The molecule has 0 bridgehead atoms. The fraction of sp³-hybridized carbons (Fsp3) is 0.412. The van der Waals surface area contributed by atoms with Gasteiger partial charge in [-0.3, -0.25) is 0 Å². The quantitative estimate of drug-likeness (QED) is 0.751. The third-order valence-electron chi connectivity index (χ3n) is 4.52. The fourth-order valence-corrected chi connectivity index (χ4v) is 3.37. The molecule has 118 valence electrons. The molecular weight excluding hydrogens is 327 g/mol. The molecule has 2 aromatic carbocycles. The normalized spacial score (nSPS) is 15.6. The predicted octanol–water partition coefficient (Wildman–Crippen LogP) is 1.86. The molecule has 0 unspecified atom stereocenters. The second-order valence-corrected chi connectivity index (χ2v) is 6.06. The summed E-state index contributed by atoms with van der Waals surface area (Å²) >= 11 is 0. The summed E-state index contributed by atoms with van der Waals surface area (Å²) < 4.78 is 46.0. The van der Waals surface area contributed by atoms with Crippen molar-refractivity contribution in [2.75, 3.05) is 6.61 Å². The van der Waals surface area contributed by atoms with Crippen molar-refractivity contribution in [1.29, 1.82) is 0 Å². The molecule has 0 amide bonds. The van der Waals surface area contributed by atoms with Gasteiger partial charge in [0.15, 0.2) is 0 Å². The van der Waals surface area contributed by atoms with Crippen molar-refractivity contribution < 1.29 is 69.1 Å². The van der Waals surface area contributed by atoms with Crippen LogP contribution in [0.5, 0.6) is 5.75 Å². The van der Waals surface area contributed by atoms with Crippen LogP contribution in [0.25, 0.3) is 10.8 Å². The van der Waals surface area contributed by atoms with Gasteiger partial charge in [0.2, 0.25) is 0 Å². The topological polar surface area (TPSA) is 9.23 Å². The molecule has 1 fully saturated rings. The number of rotatable bonds is 5. The number of benzene rings is 2. The second kappa shape index (κ2) is 8.39. The number of ether oxygens (including phenoxy) is 1. The summed E-state index contributed by atoms with van der Waals surface area (Å²) in [5, 5.41) is 0.827. The van der Waals surface area contributed by atoms with Crippen LogP contribution >= 0.6 is 0 Å². The van der Waals surface area contributed by atoms with Crippen molar-refractivity contribution in [3.05, 3.63) is 36.4 Å². The summed E-state index contributed by atoms with van der Waals surface area (Å²) in [4.78, 5) is 0. The summed E-state index contributed by atoms with van der Waals surface area (Å²) in [6, 6.07) is 9.76. The van der Waals surface area contributed by atoms with Crippen LogP contribution in [0.2, 0.25) is 0 Å². The van der Waals surface area contributed by atoms with Gasteiger partial charge in [-0.2, -0.15) is 0 Å². The zero-order valence-electron chi connectivity index (χ0n) is 13.4. The summed E-state index contributed by atoms with van der Waals surface area (Å²) in [5.41, 5.74) is -0.593. The zero-order chi connectivity index (χ0) is 15.6. The van der Waals surface area contributed by atoms with Crippen molar-refractivity contribution in [3.63, 3.8) is 0 Å². The monoisotopic (exact) mass is 346 g/mol. The van der Waals surface area contributed by atoms with Crippen LogP contribution in [0.3, 0.4) is 0 Å². The first kappa shape index (κ1) is 19.3. The molecule has 6 heteroatoms. The largest absolute Gasteiger partial charge is 1.00 e. The molecule has 0 aromatic heterocycles. The Bertz CT molecular complexity index is 654. The second-order valence-electron chi connectivity index (χ2n) is 6.06. The summed E-state index contributed by atoms with van der Waals surface area (Å²) in [6.07, 6.45) is 5.67. The van der Waals surface area contributed by atoms with Crippen molar-refractivity contribution in [2.24, 2.45) is 5.92 Å². The molecule has 0 spiro atoms. The van der Waals surface area contributed by atoms with Gasteiger partial charge in [-0.25, -0.2) is 0 Å². The Morgan fingerprint density at radius 2 is 1.70 bits per heavy atom. The van der Waals surface area contributed by atoms with Crippen molar-refractivity contribution in [1.82, 2.24) is 0 Å². The van der Waals surface area contributed by atoms with Gasteiger partial charge >= 0.3 is 58.4 Å². The van der Waals surface area contributed by atoms with E-state index in [1.807, 2.05) is 0 Å². The molecular formula is C17H19BF3KO. The van der Waals surface area contributed by atoms with E-state index in [0.717, 1.165) is 6.42 Å². The van der Waals surface area contributed by atoms with Crippen LogP contribution in [0.4, 0.5) is 12.9 Å². The molecule has 3 rings (SSSR count). The van der Waals surface area contributed by atoms with E-state index in [1.165, 1.54) is 37.8 Å². The molecule has 0 radical (unpaired) electrons. The Morgan fingerprint density at radius 1 is 1.00 bits per heavy atom. The van der Waals surface area contributed by atoms with E-state index < -0.39 is 12.4 Å². The molecule has 0 N–H and O–H groups in total. The number of hydrogen-bond acceptors (Lipinski definition) is 1. The van der Waals surface area contributed by atoms with E-state index in [2.05, 4.69) is 0 Å². The van der Waals surface area contributed by atoms with E-state index in [4.69, 9.17) is 4.74 Å². The zero-order valence-corrected chi connectivity index (χ0v) is 16.5. The molecule has 0 heterocycles. The van der Waals surface area contributed by atoms with Gasteiger partial charge < -0.3 is 17.7 Å². The van der Waals surface area contributed by atoms with Gasteiger partial charge in [-0.1, -0.05) is 61.5 Å². The van der Waals surface area contributed by atoms with Crippen LogP contribution in [0.1, 0.15) is 32.1 Å². The molecule has 0 atom stereocenters. The maximum atomic E-state index is 13.5.